The fraction of sp³-hybridized carbons (Fsp3) is 0.214. The van der Waals surface area contributed by atoms with Crippen LogP contribution < -0.4 is 0 Å². The molecule has 1 N–H and O–H groups in total. The zero-order valence-corrected chi connectivity index (χ0v) is 10.6. The van der Waals surface area contributed by atoms with Gasteiger partial charge in [-0.05, 0) is 36.0 Å². The van der Waals surface area contributed by atoms with Crippen LogP contribution in [0.25, 0.3) is 0 Å². The fourth-order valence-corrected chi connectivity index (χ4v) is 2.43. The van der Waals surface area contributed by atoms with Crippen molar-refractivity contribution in [1.29, 1.82) is 0 Å². The Balaban J connectivity index is 2.29. The Morgan fingerprint density at radius 2 is 2.12 bits per heavy atom. The lowest BCUT2D eigenvalue weighted by Gasteiger charge is -2.10. The Hall–Kier alpha value is -1.45. The van der Waals surface area contributed by atoms with E-state index in [0.717, 1.165) is 23.2 Å². The largest absolute Gasteiger partial charge is 0.382 e. The van der Waals surface area contributed by atoms with Crippen molar-refractivity contribution < 1.29 is 5.11 Å². The molecule has 0 aliphatic heterocycles. The summed E-state index contributed by atoms with van der Waals surface area (Å²) in [6.07, 6.45) is 1.93. The van der Waals surface area contributed by atoms with Crippen LogP contribution in [-0.2, 0) is 6.42 Å². The Labute approximate surface area is 105 Å². The number of allylic oxidation sites excluding steroid dienone is 1. The standard InChI is InChI=1S/C14H15NOS/c1-3-4-12-9-17-15-13(12)14(16)11-7-5-10(2)6-8-11/h3,5-9,14,16H,1,4H2,2H3. The van der Waals surface area contributed by atoms with Crippen LogP contribution >= 0.6 is 11.5 Å². The van der Waals surface area contributed by atoms with E-state index in [1.54, 1.807) is 0 Å². The van der Waals surface area contributed by atoms with Crippen LogP contribution in [0, 0.1) is 6.92 Å². The van der Waals surface area contributed by atoms with Crippen molar-refractivity contribution in [2.24, 2.45) is 0 Å². The van der Waals surface area contributed by atoms with Crippen LogP contribution in [0.4, 0.5) is 0 Å². The Kier molecular flexibility index (Phi) is 3.71. The summed E-state index contributed by atoms with van der Waals surface area (Å²) in [7, 11) is 0. The van der Waals surface area contributed by atoms with Crippen LogP contribution in [0.2, 0.25) is 0 Å². The molecule has 1 atom stereocenters. The summed E-state index contributed by atoms with van der Waals surface area (Å²) < 4.78 is 4.28. The van der Waals surface area contributed by atoms with Gasteiger partial charge in [0.05, 0.1) is 5.69 Å². The van der Waals surface area contributed by atoms with E-state index >= 15 is 0 Å². The molecule has 0 radical (unpaired) electrons. The molecule has 1 aromatic heterocycles. The first-order valence-corrected chi connectivity index (χ1v) is 6.34. The van der Waals surface area contributed by atoms with Crippen molar-refractivity contribution in [3.63, 3.8) is 0 Å². The summed E-state index contributed by atoms with van der Waals surface area (Å²) in [6, 6.07) is 7.88. The van der Waals surface area contributed by atoms with E-state index < -0.39 is 6.10 Å². The molecule has 0 aliphatic rings. The molecule has 0 spiro atoms. The molecule has 0 amide bonds. The number of aliphatic hydroxyl groups excluding tert-OH is 1. The molecule has 3 heteroatoms. The maximum Gasteiger partial charge on any atom is 0.122 e. The average Bonchev–Trinajstić information content (AvgIpc) is 2.78. The van der Waals surface area contributed by atoms with Crippen molar-refractivity contribution in [2.45, 2.75) is 19.4 Å². The van der Waals surface area contributed by atoms with Crippen LogP contribution in [0.1, 0.15) is 28.5 Å². The predicted octanol–water partition coefficient (Wildman–Crippen LogP) is 3.26. The smallest absolute Gasteiger partial charge is 0.122 e. The molecule has 88 valence electrons. The van der Waals surface area contributed by atoms with Crippen LogP contribution in [-0.4, -0.2) is 9.48 Å². The average molecular weight is 245 g/mol. The second-order valence-corrected chi connectivity index (χ2v) is 4.66. The van der Waals surface area contributed by atoms with E-state index in [0.29, 0.717) is 0 Å². The second-order valence-electron chi connectivity index (χ2n) is 4.03. The van der Waals surface area contributed by atoms with Gasteiger partial charge < -0.3 is 5.11 Å². The molecule has 17 heavy (non-hydrogen) atoms. The second kappa shape index (κ2) is 5.25. The van der Waals surface area contributed by atoms with E-state index in [4.69, 9.17) is 0 Å². The lowest BCUT2D eigenvalue weighted by Crippen LogP contribution is -2.02. The topological polar surface area (TPSA) is 33.1 Å². The van der Waals surface area contributed by atoms with E-state index in [1.165, 1.54) is 17.1 Å². The summed E-state index contributed by atoms with van der Waals surface area (Å²) in [5.41, 5.74) is 3.87. The number of rotatable bonds is 4. The Morgan fingerprint density at radius 3 is 2.76 bits per heavy atom. The molecule has 0 fully saturated rings. The molecule has 2 nitrogen and oxygen atoms in total. The van der Waals surface area contributed by atoms with Gasteiger partial charge in [0, 0.05) is 5.38 Å². The maximum atomic E-state index is 10.3. The lowest BCUT2D eigenvalue weighted by atomic mass is 10.0. The maximum absolute atomic E-state index is 10.3. The van der Waals surface area contributed by atoms with Crippen molar-refractivity contribution >= 4 is 11.5 Å². The number of aromatic nitrogens is 1. The van der Waals surface area contributed by atoms with Gasteiger partial charge in [-0.2, -0.15) is 4.37 Å². The monoisotopic (exact) mass is 245 g/mol. The highest BCUT2D eigenvalue weighted by Gasteiger charge is 2.16. The van der Waals surface area contributed by atoms with E-state index in [1.807, 2.05) is 42.6 Å². The molecule has 0 bridgehead atoms. The third-order valence-electron chi connectivity index (χ3n) is 2.69. The molecule has 2 aromatic rings. The quantitative estimate of drug-likeness (QED) is 0.839. The molecule has 0 aliphatic carbocycles. The molecular weight excluding hydrogens is 230 g/mol. The minimum absolute atomic E-state index is 0.642. The first-order chi connectivity index (χ1) is 8.22. The molecular formula is C14H15NOS. The van der Waals surface area contributed by atoms with Crippen LogP contribution in [0.5, 0.6) is 0 Å². The molecule has 0 saturated carbocycles. The zero-order chi connectivity index (χ0) is 12.3. The molecule has 1 heterocycles. The number of benzene rings is 1. The zero-order valence-electron chi connectivity index (χ0n) is 9.76. The van der Waals surface area contributed by atoms with Gasteiger partial charge >= 0.3 is 0 Å². The number of hydrogen-bond donors (Lipinski definition) is 1. The third-order valence-corrected chi connectivity index (χ3v) is 3.38. The molecule has 1 unspecified atom stereocenters. The normalized spacial score (nSPS) is 12.4. The first-order valence-electron chi connectivity index (χ1n) is 5.51. The van der Waals surface area contributed by atoms with Crippen molar-refractivity contribution in [3.8, 4) is 0 Å². The Bertz CT molecular complexity index is 501. The van der Waals surface area contributed by atoms with Gasteiger partial charge in [0.1, 0.15) is 6.10 Å². The molecule has 2 rings (SSSR count). The number of aliphatic hydroxyl groups is 1. The predicted molar refractivity (Wildman–Crippen MR) is 71.3 cm³/mol. The van der Waals surface area contributed by atoms with Crippen molar-refractivity contribution in [1.82, 2.24) is 4.37 Å². The van der Waals surface area contributed by atoms with Gasteiger partial charge in [-0.1, -0.05) is 35.9 Å². The van der Waals surface area contributed by atoms with Crippen LogP contribution in [0.3, 0.4) is 0 Å². The van der Waals surface area contributed by atoms with Crippen molar-refractivity contribution in [3.05, 3.63) is 64.7 Å². The third kappa shape index (κ3) is 2.62. The summed E-state index contributed by atoms with van der Waals surface area (Å²) in [5.74, 6) is 0. The molecule has 1 aromatic carbocycles. The van der Waals surface area contributed by atoms with Gasteiger partial charge in [0.2, 0.25) is 0 Å². The van der Waals surface area contributed by atoms with Crippen LogP contribution in [0.15, 0.2) is 42.3 Å². The molecule has 0 saturated heterocycles. The van der Waals surface area contributed by atoms with Gasteiger partial charge in [-0.15, -0.1) is 6.58 Å². The number of nitrogens with zero attached hydrogens (tertiary/aromatic N) is 1. The van der Waals surface area contributed by atoms with E-state index in [9.17, 15) is 5.11 Å². The van der Waals surface area contributed by atoms with E-state index in [-0.39, 0.29) is 0 Å². The minimum Gasteiger partial charge on any atom is -0.382 e. The van der Waals surface area contributed by atoms with Gasteiger partial charge in [-0.25, -0.2) is 0 Å². The first kappa shape index (κ1) is 12.0. The number of hydrogen-bond acceptors (Lipinski definition) is 3. The van der Waals surface area contributed by atoms with Crippen molar-refractivity contribution in [2.75, 3.05) is 0 Å². The highest BCUT2D eigenvalue weighted by Crippen LogP contribution is 2.25. The summed E-state index contributed by atoms with van der Waals surface area (Å²) in [4.78, 5) is 0. The minimum atomic E-state index is -0.642. The highest BCUT2D eigenvalue weighted by molar-refractivity contribution is 7.03. The van der Waals surface area contributed by atoms with Gasteiger partial charge in [-0.3, -0.25) is 0 Å². The lowest BCUT2D eigenvalue weighted by molar-refractivity contribution is 0.215. The number of aryl methyl sites for hydroxylation is 1. The van der Waals surface area contributed by atoms with E-state index in [2.05, 4.69) is 11.0 Å². The summed E-state index contributed by atoms with van der Waals surface area (Å²) >= 11 is 1.37. The van der Waals surface area contributed by atoms with Gasteiger partial charge in [0.25, 0.3) is 0 Å². The fourth-order valence-electron chi connectivity index (χ4n) is 1.71. The SMILES string of the molecule is C=CCc1csnc1C(O)c1ccc(C)cc1. The van der Waals surface area contributed by atoms with Gasteiger partial charge in [0.15, 0.2) is 0 Å². The summed E-state index contributed by atoms with van der Waals surface area (Å²) in [6.45, 7) is 5.75. The Morgan fingerprint density at radius 1 is 1.41 bits per heavy atom. The highest BCUT2D eigenvalue weighted by atomic mass is 32.1. The summed E-state index contributed by atoms with van der Waals surface area (Å²) in [5, 5.41) is 12.3.